The first-order chi connectivity index (χ1) is 11.9. The molecule has 0 aliphatic carbocycles. The number of fused-ring (bicyclic) bond motifs is 1. The molecule has 0 bridgehead atoms. The molecule has 3 aromatic rings. The summed E-state index contributed by atoms with van der Waals surface area (Å²) in [5.41, 5.74) is 1.08. The van der Waals surface area contributed by atoms with Crippen LogP contribution in [0.1, 0.15) is 27.7 Å². The molecule has 0 saturated carbocycles. The van der Waals surface area contributed by atoms with E-state index in [-0.39, 0.29) is 24.5 Å². The summed E-state index contributed by atoms with van der Waals surface area (Å²) in [5.74, 6) is -0.806. The Morgan fingerprint density at radius 2 is 2.20 bits per heavy atom. The number of ether oxygens (including phenoxy) is 1. The minimum atomic E-state index is -0.449. The van der Waals surface area contributed by atoms with Crippen molar-refractivity contribution in [1.82, 2.24) is 9.55 Å². The van der Waals surface area contributed by atoms with Gasteiger partial charge in [0.15, 0.2) is 0 Å². The predicted octanol–water partition coefficient (Wildman–Crippen LogP) is 3.89. The highest BCUT2D eigenvalue weighted by molar-refractivity contribution is 9.10. The SMILES string of the molecule is CCOC(=O)c1sc2ncn(Cc3ccc(F)cc3Br)c(=O)c2c1C. The van der Waals surface area contributed by atoms with Gasteiger partial charge in [0, 0.05) is 4.47 Å². The molecule has 0 radical (unpaired) electrons. The van der Waals surface area contributed by atoms with Crippen LogP contribution in [0.25, 0.3) is 10.2 Å². The number of benzene rings is 1. The van der Waals surface area contributed by atoms with Crippen molar-refractivity contribution in [2.45, 2.75) is 20.4 Å². The molecule has 0 atom stereocenters. The number of hydrogen-bond acceptors (Lipinski definition) is 5. The molecule has 3 rings (SSSR count). The van der Waals surface area contributed by atoms with Crippen molar-refractivity contribution < 1.29 is 13.9 Å². The fourth-order valence-corrected chi connectivity index (χ4v) is 4.01. The molecule has 25 heavy (non-hydrogen) atoms. The molecular weight excluding hydrogens is 411 g/mol. The Kier molecular flexibility index (Phi) is 5.01. The Labute approximate surface area is 155 Å². The zero-order chi connectivity index (χ0) is 18.1. The summed E-state index contributed by atoms with van der Waals surface area (Å²) in [6, 6.07) is 4.30. The lowest BCUT2D eigenvalue weighted by molar-refractivity contribution is 0.0531. The van der Waals surface area contributed by atoms with Gasteiger partial charge in [0.05, 0.1) is 24.9 Å². The number of halogens is 2. The first-order valence-corrected chi connectivity index (χ1v) is 9.13. The molecule has 0 spiro atoms. The number of aryl methyl sites for hydroxylation is 1. The van der Waals surface area contributed by atoms with Gasteiger partial charge in [-0.1, -0.05) is 22.0 Å². The first-order valence-electron chi connectivity index (χ1n) is 7.52. The van der Waals surface area contributed by atoms with Crippen molar-refractivity contribution in [2.24, 2.45) is 0 Å². The van der Waals surface area contributed by atoms with Gasteiger partial charge in [-0.2, -0.15) is 0 Å². The lowest BCUT2D eigenvalue weighted by atomic mass is 10.2. The molecule has 0 saturated heterocycles. The number of aromatic nitrogens is 2. The molecule has 0 aliphatic heterocycles. The highest BCUT2D eigenvalue weighted by atomic mass is 79.9. The van der Waals surface area contributed by atoms with E-state index in [1.807, 2.05) is 0 Å². The summed E-state index contributed by atoms with van der Waals surface area (Å²) < 4.78 is 20.3. The van der Waals surface area contributed by atoms with Crippen LogP contribution >= 0.6 is 27.3 Å². The van der Waals surface area contributed by atoms with Crippen LogP contribution in [0.5, 0.6) is 0 Å². The minimum absolute atomic E-state index is 0.243. The van der Waals surface area contributed by atoms with Crippen LogP contribution in [-0.2, 0) is 11.3 Å². The van der Waals surface area contributed by atoms with Gasteiger partial charge in [0.1, 0.15) is 15.5 Å². The Hall–Kier alpha value is -2.06. The normalized spacial score (nSPS) is 11.0. The molecule has 0 unspecified atom stereocenters. The van der Waals surface area contributed by atoms with E-state index in [0.29, 0.717) is 25.1 Å². The van der Waals surface area contributed by atoms with E-state index in [1.165, 1.54) is 23.0 Å². The lowest BCUT2D eigenvalue weighted by Crippen LogP contribution is -2.21. The summed E-state index contributed by atoms with van der Waals surface area (Å²) in [7, 11) is 0. The Morgan fingerprint density at radius 1 is 1.44 bits per heavy atom. The molecule has 0 aliphatic rings. The summed E-state index contributed by atoms with van der Waals surface area (Å²) in [5, 5.41) is 0.411. The minimum Gasteiger partial charge on any atom is -0.462 e. The number of carbonyl (C=O) groups is 1. The van der Waals surface area contributed by atoms with E-state index in [2.05, 4.69) is 20.9 Å². The largest absolute Gasteiger partial charge is 0.462 e. The average molecular weight is 425 g/mol. The first kappa shape index (κ1) is 17.8. The van der Waals surface area contributed by atoms with Gasteiger partial charge in [0.25, 0.3) is 5.56 Å². The maximum Gasteiger partial charge on any atom is 0.348 e. The fraction of sp³-hybridized carbons (Fsp3) is 0.235. The molecule has 0 amide bonds. The Balaban J connectivity index is 2.06. The van der Waals surface area contributed by atoms with Gasteiger partial charge >= 0.3 is 5.97 Å². The summed E-state index contributed by atoms with van der Waals surface area (Å²) in [4.78, 5) is 30.0. The smallest absolute Gasteiger partial charge is 0.348 e. The molecule has 5 nitrogen and oxygen atoms in total. The zero-order valence-electron chi connectivity index (χ0n) is 13.5. The van der Waals surface area contributed by atoms with Gasteiger partial charge in [-0.3, -0.25) is 9.36 Å². The number of carbonyl (C=O) groups excluding carboxylic acids is 1. The zero-order valence-corrected chi connectivity index (χ0v) is 15.9. The quantitative estimate of drug-likeness (QED) is 0.595. The van der Waals surface area contributed by atoms with Crippen LogP contribution in [-0.4, -0.2) is 22.1 Å². The predicted molar refractivity (Wildman–Crippen MR) is 97.8 cm³/mol. The fourth-order valence-electron chi connectivity index (χ4n) is 2.50. The maximum absolute atomic E-state index is 13.2. The molecule has 0 fully saturated rings. The van der Waals surface area contributed by atoms with Crippen LogP contribution in [0.2, 0.25) is 0 Å². The molecular formula is C17H14BrFN2O3S. The molecule has 2 aromatic heterocycles. The number of rotatable bonds is 4. The van der Waals surface area contributed by atoms with Gasteiger partial charge in [-0.05, 0) is 37.1 Å². The third kappa shape index (κ3) is 3.36. The lowest BCUT2D eigenvalue weighted by Gasteiger charge is -2.08. The third-order valence-electron chi connectivity index (χ3n) is 3.73. The number of esters is 1. The van der Waals surface area contributed by atoms with E-state index in [0.717, 1.165) is 16.9 Å². The third-order valence-corrected chi connectivity index (χ3v) is 5.65. The van der Waals surface area contributed by atoms with E-state index < -0.39 is 5.97 Å². The van der Waals surface area contributed by atoms with Gasteiger partial charge in [-0.25, -0.2) is 14.2 Å². The topological polar surface area (TPSA) is 61.2 Å². The van der Waals surface area contributed by atoms with Crippen LogP contribution in [0.4, 0.5) is 4.39 Å². The molecule has 0 N–H and O–H groups in total. The highest BCUT2D eigenvalue weighted by Gasteiger charge is 2.20. The van der Waals surface area contributed by atoms with E-state index in [4.69, 9.17) is 4.74 Å². The molecule has 130 valence electrons. The van der Waals surface area contributed by atoms with Crippen molar-refractivity contribution in [1.29, 1.82) is 0 Å². The van der Waals surface area contributed by atoms with Crippen molar-refractivity contribution in [3.05, 3.63) is 61.2 Å². The van der Waals surface area contributed by atoms with Crippen molar-refractivity contribution in [2.75, 3.05) is 6.61 Å². The Morgan fingerprint density at radius 3 is 2.88 bits per heavy atom. The number of hydrogen-bond donors (Lipinski definition) is 0. The van der Waals surface area contributed by atoms with Crippen molar-refractivity contribution in [3.8, 4) is 0 Å². The maximum atomic E-state index is 13.2. The molecule has 1 aromatic carbocycles. The second kappa shape index (κ2) is 7.05. The summed E-state index contributed by atoms with van der Waals surface area (Å²) in [6.45, 7) is 3.95. The van der Waals surface area contributed by atoms with Crippen LogP contribution in [0, 0.1) is 12.7 Å². The van der Waals surface area contributed by atoms with E-state index in [9.17, 15) is 14.0 Å². The van der Waals surface area contributed by atoms with E-state index >= 15 is 0 Å². The van der Waals surface area contributed by atoms with Gasteiger partial charge in [0.2, 0.25) is 0 Å². The van der Waals surface area contributed by atoms with Crippen LogP contribution < -0.4 is 5.56 Å². The standard InChI is InChI=1S/C17H14BrFN2O3S/c1-3-24-17(23)14-9(2)13-15(25-14)20-8-21(16(13)22)7-10-4-5-11(19)6-12(10)18/h4-6,8H,3,7H2,1-2H3. The molecule has 8 heteroatoms. The monoisotopic (exact) mass is 424 g/mol. The number of thiophene rings is 1. The summed E-state index contributed by atoms with van der Waals surface area (Å²) in [6.07, 6.45) is 1.44. The highest BCUT2D eigenvalue weighted by Crippen LogP contribution is 2.27. The second-order valence-corrected chi connectivity index (χ2v) is 7.22. The summed E-state index contributed by atoms with van der Waals surface area (Å²) >= 11 is 4.45. The second-order valence-electron chi connectivity index (χ2n) is 5.37. The Bertz CT molecular complexity index is 1030. The van der Waals surface area contributed by atoms with Gasteiger partial charge in [-0.15, -0.1) is 11.3 Å². The van der Waals surface area contributed by atoms with Crippen LogP contribution in [0.15, 0.2) is 33.8 Å². The van der Waals surface area contributed by atoms with E-state index in [1.54, 1.807) is 19.9 Å². The van der Waals surface area contributed by atoms with Gasteiger partial charge < -0.3 is 4.74 Å². The average Bonchev–Trinajstić information content (AvgIpc) is 2.90. The van der Waals surface area contributed by atoms with Crippen LogP contribution in [0.3, 0.4) is 0 Å². The van der Waals surface area contributed by atoms with Crippen molar-refractivity contribution >= 4 is 43.5 Å². The molecule has 2 heterocycles. The number of nitrogens with zero attached hydrogens (tertiary/aromatic N) is 2. The van der Waals surface area contributed by atoms with Crippen molar-refractivity contribution in [3.63, 3.8) is 0 Å².